The molecule has 140 valence electrons. The minimum atomic E-state index is -0.521. The lowest BCUT2D eigenvalue weighted by molar-refractivity contribution is 0.0701. The lowest BCUT2D eigenvalue weighted by Crippen LogP contribution is -2.38. The molecular weight excluding hydrogens is 383 g/mol. The third-order valence-corrected chi connectivity index (χ3v) is 5.04. The van der Waals surface area contributed by atoms with Crippen LogP contribution in [0.3, 0.4) is 0 Å². The molecule has 1 amide bonds. The molecule has 0 radical (unpaired) electrons. The van der Waals surface area contributed by atoms with Gasteiger partial charge < -0.3 is 9.47 Å². The lowest BCUT2D eigenvalue weighted by Gasteiger charge is -2.28. The van der Waals surface area contributed by atoms with Crippen LogP contribution in [0, 0.1) is 5.95 Å². The maximum atomic E-state index is 13.1. The Morgan fingerprint density at radius 2 is 2.00 bits per heavy atom. The Morgan fingerprint density at radius 3 is 2.82 bits per heavy atom. The van der Waals surface area contributed by atoms with Crippen molar-refractivity contribution >= 4 is 23.0 Å². The second-order valence-corrected chi connectivity index (χ2v) is 6.99. The normalized spacial score (nSPS) is 13.7. The van der Waals surface area contributed by atoms with E-state index in [-0.39, 0.29) is 5.91 Å². The third kappa shape index (κ3) is 2.82. The number of halogens is 2. The van der Waals surface area contributed by atoms with Crippen LogP contribution in [0.2, 0.25) is 5.02 Å². The van der Waals surface area contributed by atoms with Crippen molar-refractivity contribution in [3.8, 4) is 11.3 Å². The fraction of sp³-hybridized carbons (Fsp3) is 0.158. The van der Waals surface area contributed by atoms with E-state index in [1.54, 1.807) is 40.0 Å². The summed E-state index contributed by atoms with van der Waals surface area (Å²) in [4.78, 5) is 22.8. The van der Waals surface area contributed by atoms with Gasteiger partial charge in [-0.05, 0) is 30.3 Å². The summed E-state index contributed by atoms with van der Waals surface area (Å²) in [7, 11) is 0. The lowest BCUT2D eigenvalue weighted by atomic mass is 10.2. The molecule has 0 unspecified atom stereocenters. The molecule has 28 heavy (non-hydrogen) atoms. The summed E-state index contributed by atoms with van der Waals surface area (Å²) in [5, 5.41) is 4.89. The number of imidazole rings is 1. The van der Waals surface area contributed by atoms with Gasteiger partial charge in [0.15, 0.2) is 5.69 Å². The number of nitrogens with zero attached hydrogens (tertiary/aromatic N) is 6. The number of carbonyl (C=O) groups excluding carboxylic acids is 1. The number of carbonyl (C=O) groups is 1. The van der Waals surface area contributed by atoms with Crippen LogP contribution in [-0.4, -0.2) is 41.5 Å². The van der Waals surface area contributed by atoms with Gasteiger partial charge in [0.25, 0.3) is 5.91 Å². The van der Waals surface area contributed by atoms with Crippen LogP contribution in [0.1, 0.15) is 16.3 Å². The van der Waals surface area contributed by atoms with E-state index in [0.29, 0.717) is 30.4 Å². The predicted molar refractivity (Wildman–Crippen MR) is 100 cm³/mol. The Morgan fingerprint density at radius 1 is 1.11 bits per heavy atom. The second kappa shape index (κ2) is 6.42. The van der Waals surface area contributed by atoms with Crippen LogP contribution in [-0.2, 0) is 13.1 Å². The van der Waals surface area contributed by atoms with Crippen molar-refractivity contribution in [2.45, 2.75) is 13.1 Å². The highest BCUT2D eigenvalue weighted by Crippen LogP contribution is 2.24. The Bertz CT molecular complexity index is 1200. The van der Waals surface area contributed by atoms with E-state index in [0.717, 1.165) is 22.6 Å². The molecule has 5 heterocycles. The van der Waals surface area contributed by atoms with Gasteiger partial charge in [0.2, 0.25) is 5.95 Å². The summed E-state index contributed by atoms with van der Waals surface area (Å²) in [5.41, 5.74) is 2.82. The summed E-state index contributed by atoms with van der Waals surface area (Å²) < 4.78 is 16.7. The Labute approximate surface area is 164 Å². The van der Waals surface area contributed by atoms with Crippen molar-refractivity contribution in [2.24, 2.45) is 0 Å². The molecule has 0 spiro atoms. The minimum absolute atomic E-state index is 0.154. The summed E-state index contributed by atoms with van der Waals surface area (Å²) in [6.07, 6.45) is 4.88. The van der Waals surface area contributed by atoms with Crippen LogP contribution in [0.25, 0.3) is 16.8 Å². The molecule has 0 saturated heterocycles. The van der Waals surface area contributed by atoms with Crippen LogP contribution >= 0.6 is 11.6 Å². The number of hydrogen-bond donors (Lipinski definition) is 0. The average Bonchev–Trinajstić information content (AvgIpc) is 3.31. The molecule has 7 nitrogen and oxygen atoms in total. The van der Waals surface area contributed by atoms with Crippen molar-refractivity contribution in [3.05, 3.63) is 71.4 Å². The molecule has 4 aromatic heterocycles. The van der Waals surface area contributed by atoms with Gasteiger partial charge in [-0.15, -0.1) is 0 Å². The number of rotatable bonds is 2. The van der Waals surface area contributed by atoms with Crippen LogP contribution in [0.15, 0.2) is 48.9 Å². The van der Waals surface area contributed by atoms with Gasteiger partial charge in [-0.2, -0.15) is 9.49 Å². The highest BCUT2D eigenvalue weighted by molar-refractivity contribution is 6.30. The first kappa shape index (κ1) is 16.9. The monoisotopic (exact) mass is 396 g/mol. The van der Waals surface area contributed by atoms with Gasteiger partial charge in [0.1, 0.15) is 5.82 Å². The van der Waals surface area contributed by atoms with Crippen molar-refractivity contribution in [1.29, 1.82) is 0 Å². The van der Waals surface area contributed by atoms with Crippen molar-refractivity contribution < 1.29 is 9.18 Å². The van der Waals surface area contributed by atoms with Crippen molar-refractivity contribution in [3.63, 3.8) is 0 Å². The van der Waals surface area contributed by atoms with Gasteiger partial charge in [-0.3, -0.25) is 4.79 Å². The van der Waals surface area contributed by atoms with E-state index in [1.807, 2.05) is 10.6 Å². The summed E-state index contributed by atoms with van der Waals surface area (Å²) in [5.74, 6) is 0.0949. The molecule has 0 aliphatic carbocycles. The van der Waals surface area contributed by atoms with Gasteiger partial charge in [0, 0.05) is 31.0 Å². The van der Waals surface area contributed by atoms with Crippen molar-refractivity contribution in [1.82, 2.24) is 29.0 Å². The van der Waals surface area contributed by atoms with E-state index in [2.05, 4.69) is 15.1 Å². The van der Waals surface area contributed by atoms with E-state index >= 15 is 0 Å². The maximum Gasteiger partial charge on any atom is 0.274 e. The SMILES string of the molecule is O=C(c1cc2ccc(Cl)cn2n1)N1CCn2c(-c3ccc(F)nc3)cnc2C1. The first-order chi connectivity index (χ1) is 13.6. The molecule has 0 aromatic carbocycles. The molecule has 0 bridgehead atoms. The molecule has 0 saturated carbocycles. The zero-order valence-electron chi connectivity index (χ0n) is 14.6. The highest BCUT2D eigenvalue weighted by Gasteiger charge is 2.26. The second-order valence-electron chi connectivity index (χ2n) is 6.55. The zero-order valence-corrected chi connectivity index (χ0v) is 15.3. The Hall–Kier alpha value is -3.26. The molecular formula is C19H14ClFN6O. The Kier molecular flexibility index (Phi) is 3.87. The molecule has 0 atom stereocenters. The molecule has 0 fully saturated rings. The minimum Gasteiger partial charge on any atom is -0.328 e. The van der Waals surface area contributed by atoms with Gasteiger partial charge in [-0.25, -0.2) is 14.5 Å². The number of pyridine rings is 2. The number of aromatic nitrogens is 5. The summed E-state index contributed by atoms with van der Waals surface area (Å²) in [6.45, 7) is 1.49. The average molecular weight is 397 g/mol. The quantitative estimate of drug-likeness (QED) is 0.488. The largest absolute Gasteiger partial charge is 0.328 e. The molecule has 1 aliphatic heterocycles. The summed E-state index contributed by atoms with van der Waals surface area (Å²) >= 11 is 5.98. The first-order valence-corrected chi connectivity index (χ1v) is 9.07. The topological polar surface area (TPSA) is 68.3 Å². The molecule has 4 aromatic rings. The van der Waals surface area contributed by atoms with Crippen LogP contribution < -0.4 is 0 Å². The van der Waals surface area contributed by atoms with Crippen LogP contribution in [0.4, 0.5) is 4.39 Å². The highest BCUT2D eigenvalue weighted by atomic mass is 35.5. The van der Waals surface area contributed by atoms with E-state index in [9.17, 15) is 9.18 Å². The molecule has 1 aliphatic rings. The standard InChI is InChI=1S/C19H14ClFN6O/c20-13-2-3-14-7-15(24-27(14)10-13)19(28)25-5-6-26-16(9-23-18(26)11-25)12-1-4-17(21)22-8-12/h1-4,7-10H,5-6,11H2. The fourth-order valence-corrected chi connectivity index (χ4v) is 3.57. The number of hydrogen-bond acceptors (Lipinski definition) is 4. The van der Waals surface area contributed by atoms with Crippen LogP contribution in [0.5, 0.6) is 0 Å². The van der Waals surface area contributed by atoms with Gasteiger partial charge in [0.05, 0.1) is 29.0 Å². The third-order valence-electron chi connectivity index (χ3n) is 4.82. The summed E-state index contributed by atoms with van der Waals surface area (Å²) in [6, 6.07) is 8.32. The first-order valence-electron chi connectivity index (χ1n) is 8.69. The molecule has 0 N–H and O–H groups in total. The van der Waals surface area contributed by atoms with E-state index < -0.39 is 5.95 Å². The predicted octanol–water partition coefficient (Wildman–Crippen LogP) is 3.04. The smallest absolute Gasteiger partial charge is 0.274 e. The molecule has 5 rings (SSSR count). The Balaban J connectivity index is 1.41. The van der Waals surface area contributed by atoms with Gasteiger partial charge >= 0.3 is 0 Å². The van der Waals surface area contributed by atoms with E-state index in [1.165, 1.54) is 12.3 Å². The van der Waals surface area contributed by atoms with E-state index in [4.69, 9.17) is 11.6 Å². The van der Waals surface area contributed by atoms with Crippen molar-refractivity contribution in [2.75, 3.05) is 6.54 Å². The number of fused-ring (bicyclic) bond motifs is 2. The van der Waals surface area contributed by atoms with Gasteiger partial charge in [-0.1, -0.05) is 11.6 Å². The number of amides is 1. The fourth-order valence-electron chi connectivity index (χ4n) is 3.42. The zero-order chi connectivity index (χ0) is 19.3. The maximum absolute atomic E-state index is 13.1. The molecule has 9 heteroatoms.